The third-order valence-electron chi connectivity index (χ3n) is 0.880. The van der Waals surface area contributed by atoms with Crippen LogP contribution in [0.3, 0.4) is 0 Å². The van der Waals surface area contributed by atoms with Crippen molar-refractivity contribution in [3.63, 3.8) is 0 Å². The Hall–Kier alpha value is -0.500. The van der Waals surface area contributed by atoms with Crippen molar-refractivity contribution in [2.75, 3.05) is 0 Å². The molecule has 0 saturated carbocycles. The monoisotopic (exact) mass is 217 g/mol. The Morgan fingerprint density at radius 1 is 1.36 bits per heavy atom. The van der Waals surface area contributed by atoms with Crippen molar-refractivity contribution < 1.29 is 0 Å². The van der Waals surface area contributed by atoms with Crippen molar-refractivity contribution in [1.29, 1.82) is 0 Å². The van der Waals surface area contributed by atoms with Gasteiger partial charge in [-0.15, -0.1) is 0 Å². The van der Waals surface area contributed by atoms with Crippen molar-refractivity contribution in [2.24, 2.45) is 5.73 Å². The van der Waals surface area contributed by atoms with Crippen LogP contribution in [0.2, 0.25) is 0 Å². The highest BCUT2D eigenvalue weighted by Crippen LogP contribution is 2.08. The van der Waals surface area contributed by atoms with Crippen LogP contribution in [0.1, 0.15) is 20.8 Å². The van der Waals surface area contributed by atoms with Gasteiger partial charge in [-0.3, -0.25) is 0 Å². The molecular weight excluding hydrogens is 202 g/mol. The van der Waals surface area contributed by atoms with Gasteiger partial charge >= 0.3 is 0 Å². The smallest absolute Gasteiger partial charge is 0.0271 e. The number of allylic oxidation sites excluding steroid dienone is 3. The van der Waals surface area contributed by atoms with Crippen LogP contribution in [0.5, 0.6) is 0 Å². The second-order valence-corrected chi connectivity index (χ2v) is 2.82. The Labute approximate surface area is 77.8 Å². The van der Waals surface area contributed by atoms with Crippen LogP contribution < -0.4 is 5.73 Å². The third kappa shape index (κ3) is 9.50. The van der Waals surface area contributed by atoms with Gasteiger partial charge in [0, 0.05) is 10.2 Å². The highest BCUT2D eigenvalue weighted by Gasteiger charge is 1.88. The minimum Gasteiger partial charge on any atom is -0.399 e. The maximum absolute atomic E-state index is 5.36. The van der Waals surface area contributed by atoms with E-state index in [1.807, 2.05) is 26.8 Å². The highest BCUT2D eigenvalue weighted by molar-refractivity contribution is 9.11. The van der Waals surface area contributed by atoms with E-state index in [4.69, 9.17) is 5.73 Å². The Bertz CT molecular complexity index is 168. The Morgan fingerprint density at radius 2 is 1.73 bits per heavy atom. The summed E-state index contributed by atoms with van der Waals surface area (Å²) in [6, 6.07) is 0. The molecule has 0 radical (unpaired) electrons. The summed E-state index contributed by atoms with van der Waals surface area (Å²) in [6.45, 7) is 13.1. The molecule has 0 aliphatic heterocycles. The molecule has 0 saturated heterocycles. The summed E-state index contributed by atoms with van der Waals surface area (Å²) in [4.78, 5) is 0. The Morgan fingerprint density at radius 3 is 1.82 bits per heavy atom. The average Bonchev–Trinajstić information content (AvgIpc) is 1.90. The lowest BCUT2D eigenvalue weighted by Crippen LogP contribution is -1.95. The quantitative estimate of drug-likeness (QED) is 0.706. The molecule has 2 heteroatoms. The van der Waals surface area contributed by atoms with Crippen molar-refractivity contribution in [3.8, 4) is 0 Å². The summed E-state index contributed by atoms with van der Waals surface area (Å²) < 4.78 is 0.812. The second kappa shape index (κ2) is 7.61. The predicted octanol–water partition coefficient (Wildman–Crippen LogP) is 3.34. The van der Waals surface area contributed by atoms with Gasteiger partial charge in [0.25, 0.3) is 0 Å². The van der Waals surface area contributed by atoms with Crippen molar-refractivity contribution in [3.05, 3.63) is 35.0 Å². The van der Waals surface area contributed by atoms with Crippen LogP contribution in [0.15, 0.2) is 35.0 Å². The molecule has 0 amide bonds. The number of rotatable bonds is 2. The normalized spacial score (nSPS) is 9.64. The standard InChI is InChI=1S/C7H10BrN.C2H6/c1-5(7(3)9)4-6(2)8;1-2/h4H,2-3,9H2,1H3;1-2H3/b5-4-;. The van der Waals surface area contributed by atoms with Crippen molar-refractivity contribution in [2.45, 2.75) is 20.8 Å². The van der Waals surface area contributed by atoms with E-state index in [-0.39, 0.29) is 0 Å². The second-order valence-electron chi connectivity index (χ2n) is 1.80. The van der Waals surface area contributed by atoms with Crippen LogP contribution in [0.4, 0.5) is 0 Å². The summed E-state index contributed by atoms with van der Waals surface area (Å²) in [7, 11) is 0. The molecule has 0 aromatic heterocycles. The average molecular weight is 218 g/mol. The molecule has 1 nitrogen and oxygen atoms in total. The first-order valence-corrected chi connectivity index (χ1v) is 4.31. The molecular formula is C9H16BrN. The van der Waals surface area contributed by atoms with Gasteiger partial charge in [0.05, 0.1) is 0 Å². The fourth-order valence-electron chi connectivity index (χ4n) is 0.328. The van der Waals surface area contributed by atoms with E-state index in [0.717, 1.165) is 10.1 Å². The maximum Gasteiger partial charge on any atom is 0.0271 e. The van der Waals surface area contributed by atoms with Crippen LogP contribution in [-0.4, -0.2) is 0 Å². The fraction of sp³-hybridized carbons (Fsp3) is 0.333. The summed E-state index contributed by atoms with van der Waals surface area (Å²) in [5.74, 6) is 0. The van der Waals surface area contributed by atoms with Crippen LogP contribution >= 0.6 is 15.9 Å². The molecule has 11 heavy (non-hydrogen) atoms. The SMILES string of the molecule is C=C(Br)/C=C(/C)C(=C)N.CC. The molecule has 0 aromatic rings. The first-order valence-electron chi connectivity index (χ1n) is 3.51. The van der Waals surface area contributed by atoms with E-state index in [9.17, 15) is 0 Å². The van der Waals surface area contributed by atoms with Crippen LogP contribution in [0.25, 0.3) is 0 Å². The van der Waals surface area contributed by atoms with E-state index < -0.39 is 0 Å². The molecule has 0 spiro atoms. The number of nitrogens with two attached hydrogens (primary N) is 1. The predicted molar refractivity (Wildman–Crippen MR) is 56.5 cm³/mol. The third-order valence-corrected chi connectivity index (χ3v) is 1.11. The van der Waals surface area contributed by atoms with Gasteiger partial charge in [-0.2, -0.15) is 0 Å². The Balaban J connectivity index is 0. The lowest BCUT2D eigenvalue weighted by atomic mass is 10.2. The van der Waals surface area contributed by atoms with Crippen LogP contribution in [0, 0.1) is 0 Å². The first-order chi connectivity index (χ1) is 5.04. The van der Waals surface area contributed by atoms with Gasteiger partial charge in [0.2, 0.25) is 0 Å². The molecule has 0 unspecified atom stereocenters. The summed E-state index contributed by atoms with van der Waals surface area (Å²) in [5.41, 5.74) is 6.88. The lowest BCUT2D eigenvalue weighted by Gasteiger charge is -1.95. The molecule has 0 aliphatic carbocycles. The number of hydrogen-bond donors (Lipinski definition) is 1. The molecule has 0 rings (SSSR count). The van der Waals surface area contributed by atoms with E-state index in [2.05, 4.69) is 29.1 Å². The van der Waals surface area contributed by atoms with Gasteiger partial charge in [-0.25, -0.2) is 0 Å². The van der Waals surface area contributed by atoms with E-state index >= 15 is 0 Å². The van der Waals surface area contributed by atoms with Crippen LogP contribution in [-0.2, 0) is 0 Å². The van der Waals surface area contributed by atoms with E-state index in [1.165, 1.54) is 0 Å². The largest absolute Gasteiger partial charge is 0.399 e. The van der Waals surface area contributed by atoms with E-state index in [0.29, 0.717) is 5.70 Å². The summed E-state index contributed by atoms with van der Waals surface area (Å²) in [6.07, 6.45) is 1.82. The van der Waals surface area contributed by atoms with Crippen molar-refractivity contribution in [1.82, 2.24) is 0 Å². The summed E-state index contributed by atoms with van der Waals surface area (Å²) >= 11 is 3.18. The number of hydrogen-bond acceptors (Lipinski definition) is 1. The maximum atomic E-state index is 5.36. The zero-order valence-corrected chi connectivity index (χ0v) is 9.03. The molecule has 64 valence electrons. The molecule has 0 bridgehead atoms. The molecule has 0 aromatic carbocycles. The summed E-state index contributed by atoms with van der Waals surface area (Å²) in [5, 5.41) is 0. The van der Waals surface area contributed by atoms with Gasteiger partial charge in [-0.05, 0) is 18.6 Å². The minimum atomic E-state index is 0.579. The highest BCUT2D eigenvalue weighted by atomic mass is 79.9. The van der Waals surface area contributed by atoms with E-state index in [1.54, 1.807) is 0 Å². The zero-order chi connectivity index (χ0) is 9.44. The van der Waals surface area contributed by atoms with Crippen molar-refractivity contribution >= 4 is 15.9 Å². The fourth-order valence-corrected chi connectivity index (χ4v) is 0.671. The zero-order valence-electron chi connectivity index (χ0n) is 7.45. The lowest BCUT2D eigenvalue weighted by molar-refractivity contribution is 1.31. The minimum absolute atomic E-state index is 0.579. The number of halogens is 1. The molecule has 2 N–H and O–H groups in total. The topological polar surface area (TPSA) is 26.0 Å². The molecule has 0 fully saturated rings. The Kier molecular flexibility index (Phi) is 9.07. The van der Waals surface area contributed by atoms with Gasteiger partial charge in [0.1, 0.15) is 0 Å². The first kappa shape index (κ1) is 13.1. The molecule has 0 atom stereocenters. The van der Waals surface area contributed by atoms with Gasteiger partial charge in [0.15, 0.2) is 0 Å². The molecule has 0 aliphatic rings. The van der Waals surface area contributed by atoms with Gasteiger partial charge < -0.3 is 5.73 Å². The van der Waals surface area contributed by atoms with Gasteiger partial charge in [-0.1, -0.05) is 42.9 Å². The molecule has 0 heterocycles.